The Bertz CT molecular complexity index is 2860. The predicted molar refractivity (Wildman–Crippen MR) is 212 cm³/mol. The van der Waals surface area contributed by atoms with Crippen LogP contribution in [0.3, 0.4) is 0 Å². The zero-order valence-corrected chi connectivity index (χ0v) is 27.9. The fourth-order valence-electron chi connectivity index (χ4n) is 9.10. The molecule has 2 heteroatoms. The Morgan fingerprint density at radius 3 is 1.55 bits per heavy atom. The molecule has 3 heterocycles. The van der Waals surface area contributed by atoms with E-state index in [4.69, 9.17) is 0 Å². The van der Waals surface area contributed by atoms with Crippen LogP contribution < -0.4 is 0 Å². The topological polar surface area (TPSA) is 9.86 Å². The highest BCUT2D eigenvalue weighted by Crippen LogP contribution is 2.55. The quantitative estimate of drug-likeness (QED) is 0.180. The van der Waals surface area contributed by atoms with E-state index in [-0.39, 0.29) is 0 Å². The third-order valence-electron chi connectivity index (χ3n) is 11.2. The summed E-state index contributed by atoms with van der Waals surface area (Å²) in [4.78, 5) is 0. The molecule has 0 aliphatic carbocycles. The molecule has 11 rings (SSSR count). The van der Waals surface area contributed by atoms with E-state index in [1.807, 2.05) is 0 Å². The number of benzene rings is 8. The van der Waals surface area contributed by atoms with Gasteiger partial charge in [0, 0.05) is 27.2 Å². The molecular formula is C49H32N2. The fraction of sp³-hybridized carbons (Fsp3) is 0.0204. The molecule has 0 bridgehead atoms. The van der Waals surface area contributed by atoms with Gasteiger partial charge in [-0.05, 0) is 81.9 Å². The highest BCUT2D eigenvalue weighted by Gasteiger charge is 2.45. The van der Waals surface area contributed by atoms with E-state index in [9.17, 15) is 0 Å². The van der Waals surface area contributed by atoms with Crippen molar-refractivity contribution in [1.82, 2.24) is 9.13 Å². The van der Waals surface area contributed by atoms with Crippen LogP contribution in [0.2, 0.25) is 0 Å². The van der Waals surface area contributed by atoms with E-state index in [2.05, 4.69) is 203 Å². The molecule has 1 aliphatic heterocycles. The van der Waals surface area contributed by atoms with Gasteiger partial charge in [0.15, 0.2) is 0 Å². The van der Waals surface area contributed by atoms with Crippen molar-refractivity contribution in [2.24, 2.45) is 0 Å². The Labute approximate surface area is 296 Å². The number of nitrogens with zero attached hydrogens (tertiary/aromatic N) is 2. The predicted octanol–water partition coefficient (Wildman–Crippen LogP) is 12.2. The number of hydrogen-bond acceptors (Lipinski definition) is 0. The summed E-state index contributed by atoms with van der Waals surface area (Å²) in [6.45, 7) is 0. The first kappa shape index (κ1) is 28.2. The highest BCUT2D eigenvalue weighted by atomic mass is 15.0. The Hall–Kier alpha value is -6.64. The van der Waals surface area contributed by atoms with E-state index in [1.165, 1.54) is 82.7 Å². The van der Waals surface area contributed by atoms with E-state index in [1.54, 1.807) is 0 Å². The first-order valence-electron chi connectivity index (χ1n) is 17.7. The van der Waals surface area contributed by atoms with Crippen LogP contribution in [0.25, 0.3) is 66.1 Å². The number of rotatable bonds is 4. The maximum absolute atomic E-state index is 2.53. The molecule has 10 aromatic rings. The molecule has 0 spiro atoms. The first-order chi connectivity index (χ1) is 25.3. The van der Waals surface area contributed by atoms with Gasteiger partial charge in [-0.3, -0.25) is 0 Å². The van der Waals surface area contributed by atoms with Crippen LogP contribution in [0.4, 0.5) is 0 Å². The number of para-hydroxylation sites is 3. The van der Waals surface area contributed by atoms with Crippen molar-refractivity contribution >= 4 is 43.6 Å². The highest BCUT2D eigenvalue weighted by molar-refractivity contribution is 6.15. The van der Waals surface area contributed by atoms with Crippen LogP contribution in [0.1, 0.15) is 22.3 Å². The number of aromatic nitrogens is 2. The Balaban J connectivity index is 1.33. The van der Waals surface area contributed by atoms with E-state index in [0.29, 0.717) is 0 Å². The van der Waals surface area contributed by atoms with Crippen molar-refractivity contribution in [3.63, 3.8) is 0 Å². The fourth-order valence-corrected chi connectivity index (χ4v) is 9.10. The second-order valence-electron chi connectivity index (χ2n) is 13.7. The summed E-state index contributed by atoms with van der Waals surface area (Å²) in [6, 6.07) is 71.6. The minimum Gasteiger partial charge on any atom is -0.309 e. The maximum Gasteiger partial charge on any atom is 0.0742 e. The summed E-state index contributed by atoms with van der Waals surface area (Å²) in [6.07, 6.45) is 0. The summed E-state index contributed by atoms with van der Waals surface area (Å²) < 4.78 is 4.96. The largest absolute Gasteiger partial charge is 0.309 e. The van der Waals surface area contributed by atoms with Gasteiger partial charge in [0.25, 0.3) is 0 Å². The molecule has 51 heavy (non-hydrogen) atoms. The number of hydrogen-bond donors (Lipinski definition) is 0. The third-order valence-corrected chi connectivity index (χ3v) is 11.2. The zero-order valence-electron chi connectivity index (χ0n) is 27.9. The van der Waals surface area contributed by atoms with Crippen molar-refractivity contribution in [3.8, 4) is 22.5 Å². The second-order valence-corrected chi connectivity index (χ2v) is 13.7. The molecule has 2 aromatic heterocycles. The van der Waals surface area contributed by atoms with Crippen molar-refractivity contribution in [1.29, 1.82) is 0 Å². The Kier molecular flexibility index (Phi) is 5.91. The van der Waals surface area contributed by atoms with Gasteiger partial charge in [-0.2, -0.15) is 0 Å². The van der Waals surface area contributed by atoms with Gasteiger partial charge in [0.2, 0.25) is 0 Å². The van der Waals surface area contributed by atoms with Crippen LogP contribution in [-0.4, -0.2) is 9.13 Å². The third kappa shape index (κ3) is 3.82. The lowest BCUT2D eigenvalue weighted by Gasteiger charge is -2.42. The average molecular weight is 649 g/mol. The normalized spacial score (nSPS) is 13.3. The lowest BCUT2D eigenvalue weighted by molar-refractivity contribution is 0.728. The van der Waals surface area contributed by atoms with Crippen LogP contribution >= 0.6 is 0 Å². The van der Waals surface area contributed by atoms with Gasteiger partial charge in [-0.25, -0.2) is 0 Å². The van der Waals surface area contributed by atoms with Crippen molar-refractivity contribution in [2.45, 2.75) is 5.41 Å². The summed E-state index contributed by atoms with van der Waals surface area (Å²) in [7, 11) is 0. The molecule has 0 N–H and O–H groups in total. The number of fused-ring (bicyclic) bond motifs is 8. The SMILES string of the molecule is c1ccc(-c2cc3c4c(c2)c2cc(-n5c6ccccc6c6ccccc65)ccc2n4-c2ccccc2C3(c2ccccc2)c2ccccc2)cc1. The van der Waals surface area contributed by atoms with Crippen molar-refractivity contribution < 1.29 is 0 Å². The molecule has 2 nitrogen and oxygen atoms in total. The Morgan fingerprint density at radius 1 is 0.333 bits per heavy atom. The van der Waals surface area contributed by atoms with Gasteiger partial charge in [0.05, 0.1) is 33.2 Å². The van der Waals surface area contributed by atoms with Crippen LogP contribution in [-0.2, 0) is 5.41 Å². The van der Waals surface area contributed by atoms with Crippen molar-refractivity contribution in [2.75, 3.05) is 0 Å². The van der Waals surface area contributed by atoms with Gasteiger partial charge in [0.1, 0.15) is 0 Å². The van der Waals surface area contributed by atoms with Gasteiger partial charge in [-0.15, -0.1) is 0 Å². The molecule has 0 amide bonds. The summed E-state index contributed by atoms with van der Waals surface area (Å²) in [5, 5.41) is 5.04. The minimum atomic E-state index is -0.539. The van der Waals surface area contributed by atoms with E-state index in [0.717, 1.165) is 5.69 Å². The maximum atomic E-state index is 2.53. The zero-order chi connectivity index (χ0) is 33.5. The molecule has 0 saturated heterocycles. The molecule has 0 unspecified atom stereocenters. The summed E-state index contributed by atoms with van der Waals surface area (Å²) in [5.41, 5.74) is 14.3. The molecule has 0 fully saturated rings. The van der Waals surface area contributed by atoms with Crippen LogP contribution in [0.15, 0.2) is 194 Å². The first-order valence-corrected chi connectivity index (χ1v) is 17.7. The lowest BCUT2D eigenvalue weighted by atomic mass is 9.63. The van der Waals surface area contributed by atoms with Crippen LogP contribution in [0, 0.1) is 0 Å². The second kappa shape index (κ2) is 10.7. The van der Waals surface area contributed by atoms with E-state index < -0.39 is 5.41 Å². The molecule has 0 radical (unpaired) electrons. The molecule has 0 atom stereocenters. The Morgan fingerprint density at radius 2 is 0.882 bits per heavy atom. The van der Waals surface area contributed by atoms with Crippen LogP contribution in [0.5, 0.6) is 0 Å². The molecular weight excluding hydrogens is 617 g/mol. The lowest BCUT2D eigenvalue weighted by Crippen LogP contribution is -2.35. The van der Waals surface area contributed by atoms with Gasteiger partial charge < -0.3 is 9.13 Å². The van der Waals surface area contributed by atoms with Gasteiger partial charge in [-0.1, -0.05) is 146 Å². The minimum absolute atomic E-state index is 0.539. The summed E-state index contributed by atoms with van der Waals surface area (Å²) >= 11 is 0. The van der Waals surface area contributed by atoms with Gasteiger partial charge >= 0.3 is 0 Å². The molecule has 238 valence electrons. The molecule has 8 aromatic carbocycles. The van der Waals surface area contributed by atoms with Crippen molar-refractivity contribution in [3.05, 3.63) is 216 Å². The molecule has 1 aliphatic rings. The smallest absolute Gasteiger partial charge is 0.0742 e. The summed E-state index contributed by atoms with van der Waals surface area (Å²) in [5.74, 6) is 0. The monoisotopic (exact) mass is 648 g/mol. The molecule has 0 saturated carbocycles. The van der Waals surface area contributed by atoms with E-state index >= 15 is 0 Å². The average Bonchev–Trinajstić information content (AvgIpc) is 3.72. The standard InChI is InChI=1S/C49H32N2/c1-4-16-33(17-5-1)34-30-41-40-32-37(50-44-25-13-10-22-38(44)39-23-11-14-26-45(39)50)28-29-46(40)51-47-27-15-12-24-42(47)49(43(31-34)48(41)51,35-18-6-2-7-19-35)36-20-8-3-9-21-36/h1-32H.